The normalized spacial score (nSPS) is 10.7. The van der Waals surface area contributed by atoms with Gasteiger partial charge in [0, 0.05) is 19.2 Å². The maximum absolute atomic E-state index is 11.9. The fourth-order valence-corrected chi connectivity index (χ4v) is 2.22. The number of carbonyl (C=O) groups is 1. The first-order valence-corrected chi connectivity index (χ1v) is 7.46. The maximum Gasteiger partial charge on any atom is 0.390 e. The van der Waals surface area contributed by atoms with Crippen LogP contribution in [0.1, 0.15) is 24.7 Å². The second kappa shape index (κ2) is 7.23. The number of nitro groups is 1. The van der Waals surface area contributed by atoms with E-state index >= 15 is 0 Å². The summed E-state index contributed by atoms with van der Waals surface area (Å²) in [6.45, 7) is 4.85. The van der Waals surface area contributed by atoms with Crippen LogP contribution in [0.25, 0.3) is 0 Å². The van der Waals surface area contributed by atoms with Crippen molar-refractivity contribution in [2.45, 2.75) is 39.9 Å². The number of nitrogens with zero attached hydrogens (tertiary/aromatic N) is 5. The number of nitrogens with one attached hydrogen (secondary N) is 1. The fraction of sp³-hybridized carbons (Fsp3) is 0.462. The summed E-state index contributed by atoms with van der Waals surface area (Å²) in [4.78, 5) is 22.0. The van der Waals surface area contributed by atoms with E-state index in [9.17, 15) is 14.9 Å². The van der Waals surface area contributed by atoms with Gasteiger partial charge in [0.15, 0.2) is 0 Å². The Morgan fingerprint density at radius 3 is 2.78 bits per heavy atom. The topological polar surface area (TPSA) is 108 Å². The van der Waals surface area contributed by atoms with E-state index in [1.54, 1.807) is 17.8 Å². The molecule has 1 amide bonds. The molecule has 124 valence electrons. The first kappa shape index (κ1) is 16.9. The number of aromatic nitrogens is 4. The van der Waals surface area contributed by atoms with Crippen LogP contribution in [0.2, 0.25) is 5.02 Å². The molecule has 0 fully saturated rings. The molecule has 0 aromatic carbocycles. The van der Waals surface area contributed by atoms with E-state index in [1.165, 1.54) is 10.7 Å². The molecule has 2 heterocycles. The average Bonchev–Trinajstić information content (AvgIpc) is 3.06. The molecule has 0 bridgehead atoms. The fourth-order valence-electron chi connectivity index (χ4n) is 2.01. The Morgan fingerprint density at radius 2 is 2.22 bits per heavy atom. The van der Waals surface area contributed by atoms with Crippen molar-refractivity contribution in [2.75, 3.05) is 0 Å². The van der Waals surface area contributed by atoms with Crippen molar-refractivity contribution in [3.63, 3.8) is 0 Å². The Morgan fingerprint density at radius 1 is 1.48 bits per heavy atom. The minimum Gasteiger partial charge on any atom is -0.358 e. The lowest BCUT2D eigenvalue weighted by Gasteiger charge is -2.03. The van der Waals surface area contributed by atoms with Crippen LogP contribution in [0.4, 0.5) is 5.82 Å². The van der Waals surface area contributed by atoms with Gasteiger partial charge in [-0.2, -0.15) is 9.78 Å². The van der Waals surface area contributed by atoms with Crippen molar-refractivity contribution < 1.29 is 9.72 Å². The molecule has 10 heteroatoms. The SMILES string of the molecule is CCn1cc(Cl)c(CNC(=O)CCn2nc([N+](=O)[O-])cc2C)n1. The molecule has 0 unspecified atom stereocenters. The molecule has 2 aromatic heterocycles. The third kappa shape index (κ3) is 4.28. The highest BCUT2D eigenvalue weighted by atomic mass is 35.5. The largest absolute Gasteiger partial charge is 0.390 e. The molecule has 0 saturated carbocycles. The standard InChI is InChI=1S/C13H17ClN6O3/c1-3-18-8-10(14)11(16-18)7-15-13(21)4-5-19-9(2)6-12(17-19)20(22)23/h6,8H,3-5,7H2,1-2H3,(H,15,21). The highest BCUT2D eigenvalue weighted by Crippen LogP contribution is 2.14. The highest BCUT2D eigenvalue weighted by Gasteiger charge is 2.16. The van der Waals surface area contributed by atoms with Gasteiger partial charge >= 0.3 is 5.82 Å². The van der Waals surface area contributed by atoms with Gasteiger partial charge in [0.25, 0.3) is 0 Å². The Kier molecular flexibility index (Phi) is 5.32. The third-order valence-electron chi connectivity index (χ3n) is 3.27. The zero-order valence-corrected chi connectivity index (χ0v) is 13.6. The summed E-state index contributed by atoms with van der Waals surface area (Å²) in [5.41, 5.74) is 1.24. The number of hydrogen-bond donors (Lipinski definition) is 1. The second-order valence-corrected chi connectivity index (χ2v) is 5.34. The lowest BCUT2D eigenvalue weighted by molar-refractivity contribution is -0.389. The van der Waals surface area contributed by atoms with E-state index in [-0.39, 0.29) is 31.2 Å². The number of halogens is 1. The summed E-state index contributed by atoms with van der Waals surface area (Å²) in [6.07, 6.45) is 1.86. The monoisotopic (exact) mass is 340 g/mol. The summed E-state index contributed by atoms with van der Waals surface area (Å²) in [5.74, 6) is -0.426. The van der Waals surface area contributed by atoms with Gasteiger partial charge in [-0.1, -0.05) is 11.6 Å². The van der Waals surface area contributed by atoms with Gasteiger partial charge in [-0.05, 0) is 18.8 Å². The van der Waals surface area contributed by atoms with Crippen molar-refractivity contribution in [1.29, 1.82) is 0 Å². The van der Waals surface area contributed by atoms with E-state index < -0.39 is 4.92 Å². The molecule has 1 N–H and O–H groups in total. The zero-order valence-electron chi connectivity index (χ0n) is 12.8. The van der Waals surface area contributed by atoms with Crippen LogP contribution in [0.3, 0.4) is 0 Å². The summed E-state index contributed by atoms with van der Waals surface area (Å²) in [6, 6.07) is 1.37. The van der Waals surface area contributed by atoms with Crippen molar-refractivity contribution in [3.8, 4) is 0 Å². The van der Waals surface area contributed by atoms with E-state index in [0.717, 1.165) is 0 Å². The van der Waals surface area contributed by atoms with Gasteiger partial charge < -0.3 is 15.4 Å². The molecular weight excluding hydrogens is 324 g/mol. The number of hydrogen-bond acceptors (Lipinski definition) is 5. The summed E-state index contributed by atoms with van der Waals surface area (Å²) < 4.78 is 3.13. The minimum atomic E-state index is -0.560. The van der Waals surface area contributed by atoms with Gasteiger partial charge in [0.05, 0.1) is 35.0 Å². The van der Waals surface area contributed by atoms with Crippen LogP contribution in [0.5, 0.6) is 0 Å². The van der Waals surface area contributed by atoms with Gasteiger partial charge in [-0.3, -0.25) is 9.48 Å². The third-order valence-corrected chi connectivity index (χ3v) is 3.59. The number of aryl methyl sites for hydroxylation is 3. The van der Waals surface area contributed by atoms with Gasteiger partial charge in [0.2, 0.25) is 5.91 Å². The lowest BCUT2D eigenvalue weighted by atomic mass is 10.3. The van der Waals surface area contributed by atoms with Crippen LogP contribution < -0.4 is 5.32 Å². The summed E-state index contributed by atoms with van der Waals surface area (Å²) in [5, 5.41) is 21.9. The van der Waals surface area contributed by atoms with E-state index in [1.807, 2.05) is 6.92 Å². The quantitative estimate of drug-likeness (QED) is 0.609. The first-order valence-electron chi connectivity index (χ1n) is 7.08. The molecule has 2 rings (SSSR count). The molecule has 0 spiro atoms. The number of amides is 1. The number of rotatable bonds is 7. The zero-order chi connectivity index (χ0) is 17.0. The molecule has 23 heavy (non-hydrogen) atoms. The molecule has 0 saturated heterocycles. The highest BCUT2D eigenvalue weighted by molar-refractivity contribution is 6.31. The van der Waals surface area contributed by atoms with E-state index in [2.05, 4.69) is 15.5 Å². The smallest absolute Gasteiger partial charge is 0.358 e. The minimum absolute atomic E-state index is 0.159. The Bertz CT molecular complexity index is 723. The van der Waals surface area contributed by atoms with Gasteiger partial charge in [-0.25, -0.2) is 0 Å². The second-order valence-electron chi connectivity index (χ2n) is 4.93. The van der Waals surface area contributed by atoms with Crippen molar-refractivity contribution in [1.82, 2.24) is 24.9 Å². The molecular formula is C13H17ClN6O3. The molecule has 0 radical (unpaired) electrons. The molecule has 9 nitrogen and oxygen atoms in total. The maximum atomic E-state index is 11.9. The Hall–Kier alpha value is -2.42. The van der Waals surface area contributed by atoms with Crippen LogP contribution in [0.15, 0.2) is 12.3 Å². The number of carbonyl (C=O) groups excluding carboxylic acids is 1. The molecule has 0 aliphatic rings. The Labute approximate surface area is 137 Å². The van der Waals surface area contributed by atoms with Gasteiger partial charge in [-0.15, -0.1) is 0 Å². The van der Waals surface area contributed by atoms with Crippen molar-refractivity contribution in [2.24, 2.45) is 0 Å². The molecule has 0 aliphatic heterocycles. The van der Waals surface area contributed by atoms with Crippen molar-refractivity contribution >= 4 is 23.3 Å². The van der Waals surface area contributed by atoms with Crippen LogP contribution >= 0.6 is 11.6 Å². The van der Waals surface area contributed by atoms with Crippen LogP contribution in [0, 0.1) is 17.0 Å². The Balaban J connectivity index is 1.85. The molecule has 0 atom stereocenters. The molecule has 2 aromatic rings. The van der Waals surface area contributed by atoms with Gasteiger partial charge in [0.1, 0.15) is 5.69 Å². The molecule has 0 aliphatic carbocycles. The predicted octanol–water partition coefficient (Wildman–Crippen LogP) is 1.68. The lowest BCUT2D eigenvalue weighted by Crippen LogP contribution is -2.24. The first-order chi connectivity index (χ1) is 10.9. The average molecular weight is 341 g/mol. The summed E-state index contributed by atoms with van der Waals surface area (Å²) >= 11 is 6.02. The van der Waals surface area contributed by atoms with Crippen LogP contribution in [-0.2, 0) is 24.4 Å². The van der Waals surface area contributed by atoms with E-state index in [0.29, 0.717) is 23.0 Å². The van der Waals surface area contributed by atoms with E-state index in [4.69, 9.17) is 11.6 Å². The summed E-state index contributed by atoms with van der Waals surface area (Å²) in [7, 11) is 0. The predicted molar refractivity (Wildman–Crippen MR) is 83.0 cm³/mol. The van der Waals surface area contributed by atoms with Crippen LogP contribution in [-0.4, -0.2) is 30.4 Å². The van der Waals surface area contributed by atoms with Crippen molar-refractivity contribution in [3.05, 3.63) is 38.8 Å².